The average molecular weight is 799 g/mol. The summed E-state index contributed by atoms with van der Waals surface area (Å²) in [6.07, 6.45) is 6.53. The standard InChI is InChI=1S/C43H54N6O9/c1-29(23-31(43(2,3)4)24-30(28-53-7)40(50)44-5)46-42(51)48-37-13-14-38(36-12-10-9-11-35(36)37)58-39-15-16-45-41(49-39)47-32-25-33(54-8)27-34(26-32)57-22-21-56-20-19-55-18-17-52-6/h9-16,23-28H,17-22H2,1-8H3,(H,44,50)(H,45,47,49)(H2,46,48,51)/b29-23+,30-28-,31-24+. The minimum absolute atomic E-state index is 0.292. The zero-order chi connectivity index (χ0) is 41.9. The average Bonchev–Trinajstić information content (AvgIpc) is 3.20. The maximum Gasteiger partial charge on any atom is 0.323 e. The molecule has 15 heteroatoms. The molecule has 0 radical (unpaired) electrons. The second-order valence-corrected chi connectivity index (χ2v) is 13.7. The summed E-state index contributed by atoms with van der Waals surface area (Å²) in [6, 6.07) is 17.7. The number of anilines is 3. The van der Waals surface area contributed by atoms with Gasteiger partial charge in [-0.2, -0.15) is 4.98 Å². The summed E-state index contributed by atoms with van der Waals surface area (Å²) in [6.45, 7) is 10.5. The van der Waals surface area contributed by atoms with Crippen LogP contribution < -0.4 is 35.5 Å². The molecule has 15 nitrogen and oxygen atoms in total. The highest BCUT2D eigenvalue weighted by Crippen LogP contribution is 2.35. The van der Waals surface area contributed by atoms with Crippen molar-refractivity contribution in [2.75, 3.05) is 78.7 Å². The molecule has 0 saturated carbocycles. The van der Waals surface area contributed by atoms with Crippen molar-refractivity contribution in [3.8, 4) is 23.1 Å². The van der Waals surface area contributed by atoms with Crippen LogP contribution in [0.1, 0.15) is 27.7 Å². The Morgan fingerprint density at radius 1 is 0.828 bits per heavy atom. The van der Waals surface area contributed by atoms with Crippen molar-refractivity contribution in [2.24, 2.45) is 5.41 Å². The van der Waals surface area contributed by atoms with E-state index in [2.05, 4.69) is 31.2 Å². The number of allylic oxidation sites excluding steroid dienone is 3. The van der Waals surface area contributed by atoms with Crippen molar-refractivity contribution in [2.45, 2.75) is 27.7 Å². The summed E-state index contributed by atoms with van der Waals surface area (Å²) in [5.74, 6) is 1.98. The molecule has 0 aliphatic carbocycles. The van der Waals surface area contributed by atoms with E-state index in [-0.39, 0.29) is 11.3 Å². The van der Waals surface area contributed by atoms with Crippen molar-refractivity contribution >= 4 is 40.0 Å². The number of likely N-dealkylation sites (N-methyl/N-ethyl adjacent to an activating group) is 1. The van der Waals surface area contributed by atoms with Crippen molar-refractivity contribution in [3.05, 3.63) is 102 Å². The van der Waals surface area contributed by atoms with Crippen molar-refractivity contribution in [3.63, 3.8) is 0 Å². The van der Waals surface area contributed by atoms with Crippen LogP contribution >= 0.6 is 0 Å². The highest BCUT2D eigenvalue weighted by atomic mass is 16.6. The molecule has 58 heavy (non-hydrogen) atoms. The second kappa shape index (κ2) is 22.5. The highest BCUT2D eigenvalue weighted by molar-refractivity contribution is 6.04. The van der Waals surface area contributed by atoms with Gasteiger partial charge < -0.3 is 54.4 Å². The Morgan fingerprint density at radius 3 is 2.22 bits per heavy atom. The molecule has 1 heterocycles. The van der Waals surface area contributed by atoms with Gasteiger partial charge in [0.15, 0.2) is 0 Å². The van der Waals surface area contributed by atoms with Crippen LogP contribution in [0.25, 0.3) is 10.8 Å². The number of methoxy groups -OCH3 is 3. The molecule has 4 rings (SSSR count). The van der Waals surface area contributed by atoms with Crippen molar-refractivity contribution < 1.29 is 42.7 Å². The number of nitrogens with one attached hydrogen (secondary N) is 4. The predicted octanol–water partition coefficient (Wildman–Crippen LogP) is 7.51. The van der Waals surface area contributed by atoms with Gasteiger partial charge in [0.25, 0.3) is 5.91 Å². The third kappa shape index (κ3) is 14.1. The molecular formula is C43H54N6O9. The van der Waals surface area contributed by atoms with Crippen LogP contribution in [0.3, 0.4) is 0 Å². The summed E-state index contributed by atoms with van der Waals surface area (Å²) in [7, 11) is 6.24. The van der Waals surface area contributed by atoms with Crippen LogP contribution in [-0.4, -0.2) is 89.9 Å². The van der Waals surface area contributed by atoms with E-state index in [1.807, 2.05) is 57.2 Å². The molecule has 3 aromatic carbocycles. The van der Waals surface area contributed by atoms with E-state index in [1.165, 1.54) is 13.4 Å². The fraction of sp³-hybridized carbons (Fsp3) is 0.349. The molecule has 4 N–H and O–H groups in total. The molecule has 0 aliphatic heterocycles. The minimum Gasteiger partial charge on any atom is -0.504 e. The number of carbonyl (C=O) groups excluding carboxylic acids is 2. The zero-order valence-corrected chi connectivity index (χ0v) is 34.4. The first-order valence-corrected chi connectivity index (χ1v) is 18.6. The van der Waals surface area contributed by atoms with Gasteiger partial charge in [0.2, 0.25) is 11.8 Å². The first-order chi connectivity index (χ1) is 27.9. The fourth-order valence-corrected chi connectivity index (χ4v) is 5.37. The summed E-state index contributed by atoms with van der Waals surface area (Å²) >= 11 is 0. The maximum absolute atomic E-state index is 13.3. The SMILES string of the molecule is CNC(=O)C(=C\OC)/C=C(\C=C(/C)NC(=O)Nc1ccc(Oc2ccnc(Nc3cc(OC)cc(OCCOCCOCCOC)c3)n2)c2ccccc12)C(C)(C)C. The van der Waals surface area contributed by atoms with Gasteiger partial charge in [-0.25, -0.2) is 9.78 Å². The van der Waals surface area contributed by atoms with Gasteiger partial charge in [-0.05, 0) is 42.2 Å². The predicted molar refractivity (Wildman–Crippen MR) is 224 cm³/mol. The quantitative estimate of drug-likeness (QED) is 0.0283. The van der Waals surface area contributed by atoms with E-state index in [1.54, 1.807) is 70.8 Å². The molecule has 0 atom stereocenters. The van der Waals surface area contributed by atoms with Gasteiger partial charge in [0, 0.05) is 66.8 Å². The van der Waals surface area contributed by atoms with Gasteiger partial charge in [-0.1, -0.05) is 45.0 Å². The Morgan fingerprint density at radius 2 is 1.53 bits per heavy atom. The van der Waals surface area contributed by atoms with Gasteiger partial charge in [-0.3, -0.25) is 4.79 Å². The summed E-state index contributed by atoms with van der Waals surface area (Å²) < 4.78 is 38.7. The van der Waals surface area contributed by atoms with Gasteiger partial charge >= 0.3 is 6.03 Å². The van der Waals surface area contributed by atoms with E-state index in [0.29, 0.717) is 91.4 Å². The van der Waals surface area contributed by atoms with Crippen molar-refractivity contribution in [1.29, 1.82) is 0 Å². The number of fused-ring (bicyclic) bond motifs is 1. The zero-order valence-electron chi connectivity index (χ0n) is 34.4. The van der Waals surface area contributed by atoms with Crippen LogP contribution in [0.4, 0.5) is 22.1 Å². The smallest absolute Gasteiger partial charge is 0.323 e. The number of hydrogen-bond donors (Lipinski definition) is 4. The molecule has 0 aliphatic rings. The molecule has 0 bridgehead atoms. The number of hydrogen-bond acceptors (Lipinski definition) is 12. The molecule has 0 spiro atoms. The molecule has 4 aromatic rings. The first kappa shape index (κ1) is 44.6. The van der Waals surface area contributed by atoms with E-state index < -0.39 is 6.03 Å². The highest BCUT2D eigenvalue weighted by Gasteiger charge is 2.19. The molecule has 0 saturated heterocycles. The largest absolute Gasteiger partial charge is 0.504 e. The van der Waals surface area contributed by atoms with E-state index in [0.717, 1.165) is 16.3 Å². The molecule has 0 unspecified atom stereocenters. The molecule has 0 fully saturated rings. The topological polar surface area (TPSA) is 173 Å². The summed E-state index contributed by atoms with van der Waals surface area (Å²) in [4.78, 5) is 34.6. The summed E-state index contributed by atoms with van der Waals surface area (Å²) in [5, 5.41) is 13.2. The Labute approximate surface area is 339 Å². The Kier molecular flexibility index (Phi) is 17.3. The number of nitrogens with zero attached hydrogens (tertiary/aromatic N) is 2. The van der Waals surface area contributed by atoms with E-state index in [9.17, 15) is 9.59 Å². The van der Waals surface area contributed by atoms with Crippen LogP contribution in [0.2, 0.25) is 0 Å². The van der Waals surface area contributed by atoms with E-state index in [4.69, 9.17) is 33.2 Å². The monoisotopic (exact) mass is 798 g/mol. The number of ether oxygens (including phenoxy) is 7. The number of urea groups is 1. The lowest BCUT2D eigenvalue weighted by molar-refractivity contribution is -0.116. The number of benzene rings is 3. The lowest BCUT2D eigenvalue weighted by Crippen LogP contribution is -2.27. The Balaban J connectivity index is 1.43. The van der Waals surface area contributed by atoms with Gasteiger partial charge in [0.05, 0.1) is 64.8 Å². The maximum atomic E-state index is 13.3. The van der Waals surface area contributed by atoms with Crippen LogP contribution in [-0.2, 0) is 23.7 Å². The molecule has 310 valence electrons. The Hall–Kier alpha value is -6.16. The lowest BCUT2D eigenvalue weighted by Gasteiger charge is -2.22. The first-order valence-electron chi connectivity index (χ1n) is 18.6. The van der Waals surface area contributed by atoms with Gasteiger partial charge in [-0.15, -0.1) is 0 Å². The Bertz CT molecular complexity index is 2080. The number of amides is 3. The van der Waals surface area contributed by atoms with Crippen LogP contribution in [0.5, 0.6) is 23.1 Å². The van der Waals surface area contributed by atoms with Crippen LogP contribution in [0.15, 0.2) is 102 Å². The minimum atomic E-state index is -0.440. The van der Waals surface area contributed by atoms with E-state index >= 15 is 0 Å². The second-order valence-electron chi connectivity index (χ2n) is 13.7. The van der Waals surface area contributed by atoms with Crippen molar-refractivity contribution in [1.82, 2.24) is 20.6 Å². The fourth-order valence-electron chi connectivity index (χ4n) is 5.37. The number of carbonyl (C=O) groups is 2. The third-order valence-corrected chi connectivity index (χ3v) is 8.24. The number of aromatic nitrogens is 2. The van der Waals surface area contributed by atoms with Gasteiger partial charge in [0.1, 0.15) is 23.9 Å². The molecular weight excluding hydrogens is 745 g/mol. The lowest BCUT2D eigenvalue weighted by atomic mass is 9.84. The third-order valence-electron chi connectivity index (χ3n) is 8.24. The normalized spacial score (nSPS) is 12.2. The number of rotatable bonds is 21. The molecule has 1 aromatic heterocycles. The summed E-state index contributed by atoms with van der Waals surface area (Å²) in [5.41, 5.74) is 2.59. The van der Waals surface area contributed by atoms with Crippen LogP contribution in [0, 0.1) is 5.41 Å². The molecule has 3 amide bonds.